The Morgan fingerprint density at radius 2 is 2.25 bits per heavy atom. The number of pyridine rings is 1. The second kappa shape index (κ2) is 4.40. The van der Waals surface area contributed by atoms with Gasteiger partial charge in [0.2, 0.25) is 0 Å². The maximum atomic E-state index is 10.9. The molecule has 2 aromatic rings. The highest BCUT2D eigenvalue weighted by Gasteiger charge is 2.12. The van der Waals surface area contributed by atoms with Crippen LogP contribution in [0.3, 0.4) is 0 Å². The average molecular weight is 234 g/mol. The number of aromatic carboxylic acids is 1. The third-order valence-electron chi connectivity index (χ3n) is 2.23. The van der Waals surface area contributed by atoms with E-state index in [0.717, 1.165) is 11.4 Å². The molecule has 0 saturated carbocycles. The fourth-order valence-corrected chi connectivity index (χ4v) is 1.99. The molecule has 16 heavy (non-hydrogen) atoms. The van der Waals surface area contributed by atoms with Crippen LogP contribution >= 0.6 is 11.3 Å². The van der Waals surface area contributed by atoms with Crippen molar-refractivity contribution < 1.29 is 9.90 Å². The van der Waals surface area contributed by atoms with Gasteiger partial charge in [-0.3, -0.25) is 4.98 Å². The molecule has 0 unspecified atom stereocenters. The van der Waals surface area contributed by atoms with Crippen molar-refractivity contribution in [2.75, 3.05) is 0 Å². The lowest BCUT2D eigenvalue weighted by molar-refractivity contribution is 0.0695. The van der Waals surface area contributed by atoms with Gasteiger partial charge in [-0.25, -0.2) is 9.78 Å². The lowest BCUT2D eigenvalue weighted by Crippen LogP contribution is -2.04. The number of nitrogens with zero attached hydrogens (tertiary/aromatic N) is 2. The van der Waals surface area contributed by atoms with Crippen LogP contribution in [0.25, 0.3) is 11.4 Å². The molecule has 0 aliphatic heterocycles. The summed E-state index contributed by atoms with van der Waals surface area (Å²) >= 11 is 1.49. The molecule has 0 aromatic carbocycles. The van der Waals surface area contributed by atoms with Gasteiger partial charge in [-0.1, -0.05) is 6.92 Å². The first kappa shape index (κ1) is 10.8. The number of hydrogen-bond acceptors (Lipinski definition) is 4. The number of carboxylic acids is 1. The summed E-state index contributed by atoms with van der Waals surface area (Å²) < 4.78 is 0. The van der Waals surface area contributed by atoms with E-state index in [1.54, 1.807) is 17.6 Å². The van der Waals surface area contributed by atoms with Gasteiger partial charge in [0.1, 0.15) is 0 Å². The van der Waals surface area contributed by atoms with Crippen molar-refractivity contribution in [3.8, 4) is 11.4 Å². The van der Waals surface area contributed by atoms with Crippen LogP contribution in [0, 0.1) is 0 Å². The lowest BCUT2D eigenvalue weighted by Gasteiger charge is -2.04. The molecule has 0 bridgehead atoms. The standard InChI is InChI=1S/C11H10N2O2S/c1-2-8-7(11(14)15)3-4-9(13-8)10-5-16-6-12-10/h3-6H,2H2,1H3,(H,14,15). The van der Waals surface area contributed by atoms with Crippen LogP contribution in [0.1, 0.15) is 23.0 Å². The maximum absolute atomic E-state index is 10.9. The van der Waals surface area contributed by atoms with Crippen LogP contribution in [-0.4, -0.2) is 21.0 Å². The van der Waals surface area contributed by atoms with Crippen molar-refractivity contribution in [1.29, 1.82) is 0 Å². The predicted molar refractivity (Wildman–Crippen MR) is 61.7 cm³/mol. The Kier molecular flexibility index (Phi) is 2.96. The van der Waals surface area contributed by atoms with Crippen LogP contribution in [0.2, 0.25) is 0 Å². The van der Waals surface area contributed by atoms with Crippen molar-refractivity contribution in [2.45, 2.75) is 13.3 Å². The van der Waals surface area contributed by atoms with Gasteiger partial charge in [0.05, 0.1) is 28.2 Å². The van der Waals surface area contributed by atoms with E-state index in [2.05, 4.69) is 9.97 Å². The Hall–Kier alpha value is -1.75. The number of thiazole rings is 1. The Balaban J connectivity index is 2.49. The van der Waals surface area contributed by atoms with Crippen LogP contribution in [-0.2, 0) is 6.42 Å². The van der Waals surface area contributed by atoms with E-state index in [1.807, 2.05) is 12.3 Å². The number of aryl methyl sites for hydroxylation is 1. The molecular weight excluding hydrogens is 224 g/mol. The monoisotopic (exact) mass is 234 g/mol. The summed E-state index contributed by atoms with van der Waals surface area (Å²) in [5.74, 6) is -0.936. The zero-order valence-corrected chi connectivity index (χ0v) is 9.49. The maximum Gasteiger partial charge on any atom is 0.337 e. The van der Waals surface area contributed by atoms with Crippen LogP contribution < -0.4 is 0 Å². The van der Waals surface area contributed by atoms with Gasteiger partial charge < -0.3 is 5.11 Å². The highest BCUT2D eigenvalue weighted by Crippen LogP contribution is 2.19. The van der Waals surface area contributed by atoms with Gasteiger partial charge in [-0.2, -0.15) is 0 Å². The summed E-state index contributed by atoms with van der Waals surface area (Å²) in [5, 5.41) is 10.9. The minimum absolute atomic E-state index is 0.265. The van der Waals surface area contributed by atoms with Gasteiger partial charge >= 0.3 is 5.97 Å². The molecule has 0 fully saturated rings. The van der Waals surface area contributed by atoms with E-state index < -0.39 is 5.97 Å². The number of carbonyl (C=O) groups is 1. The quantitative estimate of drug-likeness (QED) is 0.886. The van der Waals surface area contributed by atoms with E-state index >= 15 is 0 Å². The average Bonchev–Trinajstić information content (AvgIpc) is 2.81. The van der Waals surface area contributed by atoms with Gasteiger partial charge in [0, 0.05) is 5.38 Å². The van der Waals surface area contributed by atoms with Crippen molar-refractivity contribution in [3.63, 3.8) is 0 Å². The molecule has 4 nitrogen and oxygen atoms in total. The molecule has 0 radical (unpaired) electrons. The fraction of sp³-hybridized carbons (Fsp3) is 0.182. The SMILES string of the molecule is CCc1nc(-c2cscn2)ccc1C(=O)O. The summed E-state index contributed by atoms with van der Waals surface area (Å²) in [6, 6.07) is 3.28. The highest BCUT2D eigenvalue weighted by molar-refractivity contribution is 7.07. The Labute approximate surface area is 96.6 Å². The second-order valence-corrected chi connectivity index (χ2v) is 3.94. The summed E-state index contributed by atoms with van der Waals surface area (Å²) in [6.45, 7) is 1.89. The van der Waals surface area contributed by atoms with Crippen molar-refractivity contribution in [3.05, 3.63) is 34.3 Å². The highest BCUT2D eigenvalue weighted by atomic mass is 32.1. The van der Waals surface area contributed by atoms with E-state index in [4.69, 9.17) is 5.11 Å². The third-order valence-corrected chi connectivity index (χ3v) is 2.82. The van der Waals surface area contributed by atoms with E-state index in [1.165, 1.54) is 11.3 Å². The molecule has 0 amide bonds. The topological polar surface area (TPSA) is 63.1 Å². The molecule has 0 atom stereocenters. The summed E-state index contributed by atoms with van der Waals surface area (Å²) in [7, 11) is 0. The molecule has 82 valence electrons. The van der Waals surface area contributed by atoms with Gasteiger partial charge in [0.15, 0.2) is 0 Å². The van der Waals surface area contributed by atoms with E-state index in [0.29, 0.717) is 12.1 Å². The first-order valence-corrected chi connectivity index (χ1v) is 5.78. The predicted octanol–water partition coefficient (Wildman–Crippen LogP) is 2.47. The van der Waals surface area contributed by atoms with Gasteiger partial charge in [0.25, 0.3) is 0 Å². The normalized spacial score (nSPS) is 10.3. The number of hydrogen-bond donors (Lipinski definition) is 1. The minimum atomic E-state index is -0.936. The summed E-state index contributed by atoms with van der Waals surface area (Å²) in [4.78, 5) is 19.4. The van der Waals surface area contributed by atoms with Crippen molar-refractivity contribution >= 4 is 17.3 Å². The van der Waals surface area contributed by atoms with Crippen LogP contribution in [0.5, 0.6) is 0 Å². The molecule has 2 aromatic heterocycles. The molecule has 2 rings (SSSR count). The first-order chi connectivity index (χ1) is 7.72. The molecule has 0 spiro atoms. The largest absolute Gasteiger partial charge is 0.478 e. The van der Waals surface area contributed by atoms with Crippen molar-refractivity contribution in [2.24, 2.45) is 0 Å². The Bertz CT molecular complexity index is 509. The molecule has 5 heteroatoms. The molecule has 0 aliphatic carbocycles. The molecule has 0 aliphatic rings. The minimum Gasteiger partial charge on any atom is -0.478 e. The zero-order chi connectivity index (χ0) is 11.5. The summed E-state index contributed by atoms with van der Waals surface area (Å²) in [5.41, 5.74) is 4.10. The molecule has 0 saturated heterocycles. The molecule has 1 N–H and O–H groups in total. The summed E-state index contributed by atoms with van der Waals surface area (Å²) in [6.07, 6.45) is 0.597. The fourth-order valence-electron chi connectivity index (χ4n) is 1.45. The number of carboxylic acid groups (broad SMARTS) is 1. The molecule has 2 heterocycles. The lowest BCUT2D eigenvalue weighted by atomic mass is 10.1. The van der Waals surface area contributed by atoms with Gasteiger partial charge in [-0.15, -0.1) is 11.3 Å². The first-order valence-electron chi connectivity index (χ1n) is 4.84. The Morgan fingerprint density at radius 1 is 1.44 bits per heavy atom. The number of rotatable bonds is 3. The van der Waals surface area contributed by atoms with E-state index in [-0.39, 0.29) is 5.56 Å². The number of aromatic nitrogens is 2. The second-order valence-electron chi connectivity index (χ2n) is 3.22. The smallest absolute Gasteiger partial charge is 0.337 e. The van der Waals surface area contributed by atoms with Crippen molar-refractivity contribution in [1.82, 2.24) is 9.97 Å². The van der Waals surface area contributed by atoms with Gasteiger partial charge in [-0.05, 0) is 18.6 Å². The zero-order valence-electron chi connectivity index (χ0n) is 8.67. The van der Waals surface area contributed by atoms with E-state index in [9.17, 15) is 4.79 Å². The van der Waals surface area contributed by atoms with Crippen LogP contribution in [0.4, 0.5) is 0 Å². The van der Waals surface area contributed by atoms with Crippen LogP contribution in [0.15, 0.2) is 23.0 Å². The third kappa shape index (κ3) is 1.94. The Morgan fingerprint density at radius 3 is 2.81 bits per heavy atom. The molecular formula is C11H10N2O2S.